The maximum absolute atomic E-state index is 12.5. The van der Waals surface area contributed by atoms with E-state index >= 15 is 0 Å². The fraction of sp³-hybridized carbons (Fsp3) is 0.692. The average molecular weight is 280 g/mol. The Morgan fingerprint density at radius 2 is 2.05 bits per heavy atom. The van der Waals surface area contributed by atoms with Crippen molar-refractivity contribution in [1.29, 1.82) is 0 Å². The monoisotopic (exact) mass is 280 g/mol. The summed E-state index contributed by atoms with van der Waals surface area (Å²) >= 11 is 1.06. The Morgan fingerprint density at radius 1 is 1.26 bits per heavy atom. The Balaban J connectivity index is 1.81. The number of aromatic nitrogens is 1. The molecule has 3 atom stereocenters. The number of ketones is 1. The fourth-order valence-corrected chi connectivity index (χ4v) is 4.35. The molecule has 2 aliphatic rings. The second-order valence-corrected chi connectivity index (χ2v) is 6.52. The number of nitrogens with zero attached hydrogens (tertiary/aromatic N) is 2. The molecule has 1 aromatic rings. The molecule has 2 aliphatic carbocycles. The van der Waals surface area contributed by atoms with Gasteiger partial charge in [-0.25, -0.2) is 4.98 Å². The molecule has 0 radical (unpaired) electrons. The first kappa shape index (κ1) is 12.7. The number of hydrogen-bond donors (Lipinski definition) is 0. The van der Waals surface area contributed by atoms with E-state index in [2.05, 4.69) is 4.98 Å². The third kappa shape index (κ3) is 2.29. The van der Waals surface area contributed by atoms with Gasteiger partial charge in [0, 0.05) is 5.92 Å². The van der Waals surface area contributed by atoms with E-state index in [0.717, 1.165) is 37.0 Å². The lowest BCUT2D eigenvalue weighted by atomic mass is 9.67. The summed E-state index contributed by atoms with van der Waals surface area (Å²) < 4.78 is 0. The third-order valence-corrected chi connectivity index (χ3v) is 5.50. The number of rotatable bonds is 2. The van der Waals surface area contributed by atoms with E-state index in [0.29, 0.717) is 10.9 Å². The highest BCUT2D eigenvalue weighted by atomic mass is 32.1. The molecule has 0 N–H and O–H groups in total. The summed E-state index contributed by atoms with van der Waals surface area (Å²) in [4.78, 5) is 26.9. The van der Waals surface area contributed by atoms with Crippen molar-refractivity contribution in [2.45, 2.75) is 44.4 Å². The van der Waals surface area contributed by atoms with Crippen LogP contribution in [0.15, 0.2) is 6.20 Å². The molecule has 0 aliphatic heterocycles. The van der Waals surface area contributed by atoms with Gasteiger partial charge in [0.15, 0.2) is 0 Å². The lowest BCUT2D eigenvalue weighted by molar-refractivity contribution is -0.380. The second-order valence-electron chi connectivity index (χ2n) is 5.48. The van der Waals surface area contributed by atoms with E-state index in [1.165, 1.54) is 19.0 Å². The Morgan fingerprint density at radius 3 is 2.79 bits per heavy atom. The summed E-state index contributed by atoms with van der Waals surface area (Å²) in [6.07, 6.45) is 7.69. The van der Waals surface area contributed by atoms with Gasteiger partial charge in [0.2, 0.25) is 0 Å². The van der Waals surface area contributed by atoms with Gasteiger partial charge in [-0.05, 0) is 42.9 Å². The van der Waals surface area contributed by atoms with Crippen LogP contribution in [0.3, 0.4) is 0 Å². The minimum atomic E-state index is -0.433. The summed E-state index contributed by atoms with van der Waals surface area (Å²) in [5, 5.41) is 11.4. The molecule has 2 fully saturated rings. The zero-order valence-electron chi connectivity index (χ0n) is 10.6. The molecule has 0 amide bonds. The summed E-state index contributed by atoms with van der Waals surface area (Å²) in [5.41, 5.74) is 0. The van der Waals surface area contributed by atoms with Gasteiger partial charge in [0.25, 0.3) is 0 Å². The fourth-order valence-electron chi connectivity index (χ4n) is 3.48. The molecule has 0 aromatic carbocycles. The van der Waals surface area contributed by atoms with Gasteiger partial charge in [-0.3, -0.25) is 14.9 Å². The minimum Gasteiger partial charge on any atom is -0.299 e. The highest BCUT2D eigenvalue weighted by Gasteiger charge is 2.41. The van der Waals surface area contributed by atoms with Crippen LogP contribution >= 0.6 is 11.3 Å². The summed E-state index contributed by atoms with van der Waals surface area (Å²) in [7, 11) is 0. The standard InChI is InChI=1S/C13H16N2O3S/c16-12-9-4-2-1-3-8(9)5-6-10(12)13-14-7-11(19-13)15(17)18/h7-10H,1-6H2/t8-,9+,10?/m0/s1. The predicted octanol–water partition coefficient (Wildman–Crippen LogP) is 3.30. The van der Waals surface area contributed by atoms with E-state index in [9.17, 15) is 14.9 Å². The summed E-state index contributed by atoms with van der Waals surface area (Å²) in [5.74, 6) is 0.807. The quantitative estimate of drug-likeness (QED) is 0.615. The lowest BCUT2D eigenvalue weighted by Crippen LogP contribution is -2.35. The van der Waals surface area contributed by atoms with E-state index in [1.807, 2.05) is 0 Å². The van der Waals surface area contributed by atoms with E-state index in [-0.39, 0.29) is 22.6 Å². The number of nitro groups is 1. The van der Waals surface area contributed by atoms with Crippen LogP contribution < -0.4 is 0 Å². The first-order valence-electron chi connectivity index (χ1n) is 6.80. The molecule has 2 saturated carbocycles. The number of fused-ring (bicyclic) bond motifs is 1. The molecule has 19 heavy (non-hydrogen) atoms. The van der Waals surface area contributed by atoms with Crippen LogP contribution in [0.4, 0.5) is 5.00 Å². The lowest BCUT2D eigenvalue weighted by Gasteiger charge is -2.37. The topological polar surface area (TPSA) is 73.1 Å². The van der Waals surface area contributed by atoms with Crippen LogP contribution in [-0.2, 0) is 4.79 Å². The largest absolute Gasteiger partial charge is 0.343 e. The van der Waals surface area contributed by atoms with Crippen LogP contribution in [-0.4, -0.2) is 15.7 Å². The maximum Gasteiger partial charge on any atom is 0.343 e. The van der Waals surface area contributed by atoms with Crippen molar-refractivity contribution in [1.82, 2.24) is 4.98 Å². The number of Topliss-reactive ketones (excluding diaryl/α,β-unsaturated/α-hetero) is 1. The molecular weight excluding hydrogens is 264 g/mol. The Hall–Kier alpha value is -1.30. The second kappa shape index (κ2) is 5.00. The number of thiazole rings is 1. The molecule has 1 heterocycles. The van der Waals surface area contributed by atoms with Gasteiger partial charge in [-0.2, -0.15) is 0 Å². The molecule has 0 spiro atoms. The summed E-state index contributed by atoms with van der Waals surface area (Å²) in [6, 6.07) is 0. The van der Waals surface area contributed by atoms with Gasteiger partial charge >= 0.3 is 5.00 Å². The minimum absolute atomic E-state index is 0.0357. The molecule has 3 rings (SSSR count). The Labute approximate surface area is 115 Å². The van der Waals surface area contributed by atoms with Crippen LogP contribution in [0, 0.1) is 22.0 Å². The number of hydrogen-bond acceptors (Lipinski definition) is 5. The van der Waals surface area contributed by atoms with Crippen molar-refractivity contribution >= 4 is 22.1 Å². The van der Waals surface area contributed by atoms with E-state index in [1.54, 1.807) is 0 Å². The maximum atomic E-state index is 12.5. The van der Waals surface area contributed by atoms with Crippen molar-refractivity contribution in [2.24, 2.45) is 11.8 Å². The van der Waals surface area contributed by atoms with Gasteiger partial charge in [-0.15, -0.1) is 0 Å². The smallest absolute Gasteiger partial charge is 0.299 e. The van der Waals surface area contributed by atoms with E-state index < -0.39 is 4.92 Å². The highest BCUT2D eigenvalue weighted by Crippen LogP contribution is 2.44. The molecular formula is C13H16N2O3S. The van der Waals surface area contributed by atoms with Crippen molar-refractivity contribution in [3.8, 4) is 0 Å². The Bertz CT molecular complexity index is 514. The first-order valence-corrected chi connectivity index (χ1v) is 7.62. The molecule has 5 nitrogen and oxygen atoms in total. The number of carbonyl (C=O) groups is 1. The molecule has 6 heteroatoms. The predicted molar refractivity (Wildman–Crippen MR) is 71.2 cm³/mol. The van der Waals surface area contributed by atoms with Gasteiger partial charge in [0.05, 0.1) is 10.8 Å². The van der Waals surface area contributed by atoms with Crippen LogP contribution in [0.25, 0.3) is 0 Å². The molecule has 1 aromatic heterocycles. The first-order chi connectivity index (χ1) is 9.16. The van der Waals surface area contributed by atoms with Crippen LogP contribution in [0.5, 0.6) is 0 Å². The highest BCUT2D eigenvalue weighted by molar-refractivity contribution is 7.15. The van der Waals surface area contributed by atoms with Gasteiger partial charge < -0.3 is 0 Å². The molecule has 1 unspecified atom stereocenters. The van der Waals surface area contributed by atoms with Gasteiger partial charge in [-0.1, -0.05) is 12.8 Å². The third-order valence-electron chi connectivity index (χ3n) is 4.43. The molecule has 0 saturated heterocycles. The van der Waals surface area contributed by atoms with Gasteiger partial charge in [0.1, 0.15) is 17.0 Å². The van der Waals surface area contributed by atoms with Crippen molar-refractivity contribution in [3.63, 3.8) is 0 Å². The van der Waals surface area contributed by atoms with E-state index in [4.69, 9.17) is 0 Å². The summed E-state index contributed by atoms with van der Waals surface area (Å²) in [6.45, 7) is 0. The zero-order chi connectivity index (χ0) is 13.4. The van der Waals surface area contributed by atoms with Crippen molar-refractivity contribution in [2.75, 3.05) is 0 Å². The van der Waals surface area contributed by atoms with Crippen molar-refractivity contribution < 1.29 is 9.72 Å². The number of carbonyl (C=O) groups excluding carboxylic acids is 1. The molecule has 102 valence electrons. The average Bonchev–Trinajstić information content (AvgIpc) is 2.89. The van der Waals surface area contributed by atoms with Crippen LogP contribution in [0.2, 0.25) is 0 Å². The van der Waals surface area contributed by atoms with Crippen molar-refractivity contribution in [3.05, 3.63) is 21.3 Å². The Kier molecular flexibility index (Phi) is 3.35. The normalized spacial score (nSPS) is 30.9. The zero-order valence-corrected chi connectivity index (χ0v) is 11.4. The SMILES string of the molecule is O=C1C(c2ncc([N+](=O)[O-])s2)CC[C@@H]2CCCC[C@@H]12. The molecule has 0 bridgehead atoms. The van der Waals surface area contributed by atoms with Crippen LogP contribution in [0.1, 0.15) is 49.5 Å².